The Morgan fingerprint density at radius 3 is 1.62 bits per heavy atom. The molecule has 5 nitrogen and oxygen atoms in total. The molecular weight excluding hydrogens is 416 g/mol. The van der Waals surface area contributed by atoms with Crippen LogP contribution in [0, 0.1) is 35.3 Å². The third-order valence-electron chi connectivity index (χ3n) is 4.39. The third-order valence-corrected chi connectivity index (χ3v) is 4.39. The first-order chi connectivity index (χ1) is 15.2. The summed E-state index contributed by atoms with van der Waals surface area (Å²) in [6, 6.07) is 10.9. The molecule has 0 radical (unpaired) electrons. The summed E-state index contributed by atoms with van der Waals surface area (Å²) in [5.41, 5.74) is -0.877. The second kappa shape index (κ2) is 10.9. The van der Waals surface area contributed by atoms with Gasteiger partial charge in [-0.05, 0) is 62.6 Å². The lowest BCUT2D eigenvalue weighted by molar-refractivity contribution is -0.139. The molecule has 0 heterocycles. The quantitative estimate of drug-likeness (QED) is 0.418. The van der Waals surface area contributed by atoms with Crippen LogP contribution < -0.4 is 0 Å². The first-order valence-electron chi connectivity index (χ1n) is 9.35. The molecule has 0 spiro atoms. The molecule has 32 heavy (non-hydrogen) atoms. The molecule has 0 aromatic heterocycles. The Morgan fingerprint density at radius 1 is 0.844 bits per heavy atom. The van der Waals surface area contributed by atoms with Crippen LogP contribution in [-0.2, 0) is 19.1 Å². The molecule has 0 saturated carbocycles. The summed E-state index contributed by atoms with van der Waals surface area (Å²) in [7, 11) is 5.56. The predicted molar refractivity (Wildman–Crippen MR) is 115 cm³/mol. The van der Waals surface area contributed by atoms with Crippen molar-refractivity contribution in [3.05, 3.63) is 82.9 Å². The smallest absolute Gasteiger partial charge is 0.337 e. The molecule has 0 fully saturated rings. The fourth-order valence-corrected chi connectivity index (χ4v) is 2.62. The highest BCUT2D eigenvalue weighted by molar-refractivity contribution is 6.00. The molecule has 0 aliphatic rings. The first kappa shape index (κ1) is 24.3. The van der Waals surface area contributed by atoms with E-state index in [2.05, 4.69) is 28.4 Å². The molecule has 0 atom stereocenters. The zero-order chi connectivity index (χ0) is 23.7. The van der Waals surface area contributed by atoms with Crippen LogP contribution in [0.1, 0.15) is 11.1 Å². The molecule has 0 aliphatic carbocycles. The Hall–Kier alpha value is -3.94. The number of carbonyl (C=O) groups is 2. The molecule has 0 aliphatic heterocycles. The minimum absolute atomic E-state index is 0.180. The number of hydrogen-bond acceptors (Lipinski definition) is 5. The van der Waals surface area contributed by atoms with Gasteiger partial charge in [-0.25, -0.2) is 18.4 Å². The summed E-state index contributed by atoms with van der Waals surface area (Å²) >= 11 is 0. The van der Waals surface area contributed by atoms with Gasteiger partial charge in [0.05, 0.1) is 19.8 Å². The van der Waals surface area contributed by atoms with Crippen molar-refractivity contribution >= 4 is 11.9 Å². The van der Waals surface area contributed by atoms with Gasteiger partial charge in [0.2, 0.25) is 0 Å². The molecule has 0 unspecified atom stereocenters. The summed E-state index contributed by atoms with van der Waals surface area (Å²) < 4.78 is 36.1. The van der Waals surface area contributed by atoms with Crippen LogP contribution >= 0.6 is 0 Å². The second-order valence-corrected chi connectivity index (χ2v) is 6.69. The van der Waals surface area contributed by atoms with Crippen LogP contribution in [0.2, 0.25) is 0 Å². The number of rotatable bonds is 4. The Kier molecular flexibility index (Phi) is 8.29. The van der Waals surface area contributed by atoms with Gasteiger partial charge in [-0.3, -0.25) is 4.90 Å². The zero-order valence-corrected chi connectivity index (χ0v) is 18.0. The van der Waals surface area contributed by atoms with Crippen molar-refractivity contribution in [2.24, 2.45) is 0 Å². The van der Waals surface area contributed by atoms with Crippen LogP contribution in [0.4, 0.5) is 8.78 Å². The molecule has 0 N–H and O–H groups in total. The van der Waals surface area contributed by atoms with E-state index >= 15 is 0 Å². The van der Waals surface area contributed by atoms with E-state index in [1.807, 2.05) is 0 Å². The number of benzene rings is 2. The van der Waals surface area contributed by atoms with Crippen molar-refractivity contribution in [1.29, 1.82) is 0 Å². The summed E-state index contributed by atoms with van der Waals surface area (Å²) in [5, 5.41) is 0. The molecule has 164 valence electrons. The Bertz CT molecular complexity index is 1070. The van der Waals surface area contributed by atoms with Gasteiger partial charge in [0, 0.05) is 17.2 Å². The van der Waals surface area contributed by atoms with Gasteiger partial charge in [-0.1, -0.05) is 23.7 Å². The van der Waals surface area contributed by atoms with Crippen molar-refractivity contribution in [3.8, 4) is 23.7 Å². The molecule has 2 aromatic rings. The van der Waals surface area contributed by atoms with Gasteiger partial charge in [0.1, 0.15) is 11.6 Å². The van der Waals surface area contributed by atoms with Crippen molar-refractivity contribution < 1.29 is 27.8 Å². The van der Waals surface area contributed by atoms with E-state index in [1.54, 1.807) is 14.1 Å². The minimum Gasteiger partial charge on any atom is -0.466 e. The van der Waals surface area contributed by atoms with Gasteiger partial charge in [0.25, 0.3) is 0 Å². The van der Waals surface area contributed by atoms with E-state index < -0.39 is 29.1 Å². The molecule has 7 heteroatoms. The van der Waals surface area contributed by atoms with E-state index in [-0.39, 0.29) is 5.57 Å². The second-order valence-electron chi connectivity index (χ2n) is 6.69. The normalized spacial score (nSPS) is 11.0. The predicted octanol–water partition coefficient (Wildman–Crippen LogP) is 2.94. The summed E-state index contributed by atoms with van der Waals surface area (Å²) in [5.74, 6) is 9.09. The largest absolute Gasteiger partial charge is 0.466 e. The number of likely N-dealkylation sites (N-methyl/N-ethyl adjacent to an activating group) is 1. The standard InChI is InChI=1S/C25H21F2NO4/c1-28(2)25(15-13-18-5-9-20(26)10-6-18,16-14-19-7-11-21(27)12-8-19)22(24(30)32-4)17-23(29)31-3/h5-12,17H,1-4H3/b22-17+. The van der Waals surface area contributed by atoms with Crippen molar-refractivity contribution in [1.82, 2.24) is 4.90 Å². The minimum atomic E-state index is -1.62. The Balaban J connectivity index is 2.78. The topological polar surface area (TPSA) is 55.8 Å². The van der Waals surface area contributed by atoms with Crippen LogP contribution in [-0.4, -0.2) is 50.7 Å². The maximum Gasteiger partial charge on any atom is 0.337 e. The number of esters is 2. The van der Waals surface area contributed by atoms with Crippen molar-refractivity contribution in [3.63, 3.8) is 0 Å². The van der Waals surface area contributed by atoms with Gasteiger partial charge >= 0.3 is 11.9 Å². The fraction of sp³-hybridized carbons (Fsp3) is 0.200. The SMILES string of the molecule is COC(=O)/C=C(\C(=O)OC)C(C#Cc1ccc(F)cc1)(C#Cc1ccc(F)cc1)N(C)C. The van der Waals surface area contributed by atoms with Gasteiger partial charge in [0.15, 0.2) is 5.54 Å². The van der Waals surface area contributed by atoms with Crippen molar-refractivity contribution in [2.45, 2.75) is 5.54 Å². The average Bonchev–Trinajstić information content (AvgIpc) is 2.79. The average molecular weight is 437 g/mol. The lowest BCUT2D eigenvalue weighted by Crippen LogP contribution is -2.46. The van der Waals surface area contributed by atoms with Crippen molar-refractivity contribution in [2.75, 3.05) is 28.3 Å². The Labute approximate surface area is 185 Å². The number of methoxy groups -OCH3 is 2. The maximum atomic E-state index is 13.3. The van der Waals surface area contributed by atoms with Crippen LogP contribution in [0.3, 0.4) is 0 Å². The molecule has 0 amide bonds. The van der Waals surface area contributed by atoms with Crippen LogP contribution in [0.25, 0.3) is 0 Å². The summed E-state index contributed by atoms with van der Waals surface area (Å²) in [6.45, 7) is 0. The van der Waals surface area contributed by atoms with Gasteiger partial charge in [-0.2, -0.15) is 0 Å². The van der Waals surface area contributed by atoms with Crippen LogP contribution in [0.15, 0.2) is 60.2 Å². The maximum absolute atomic E-state index is 13.3. The van der Waals surface area contributed by atoms with E-state index in [9.17, 15) is 18.4 Å². The Morgan fingerprint density at radius 2 is 1.28 bits per heavy atom. The highest BCUT2D eigenvalue weighted by Crippen LogP contribution is 2.24. The summed E-state index contributed by atoms with van der Waals surface area (Å²) in [4.78, 5) is 26.2. The van der Waals surface area contributed by atoms with E-state index in [0.717, 1.165) is 13.2 Å². The highest BCUT2D eigenvalue weighted by atomic mass is 19.1. The lowest BCUT2D eigenvalue weighted by atomic mass is 9.87. The van der Waals surface area contributed by atoms with E-state index in [4.69, 9.17) is 4.74 Å². The van der Waals surface area contributed by atoms with Gasteiger partial charge in [-0.15, -0.1) is 0 Å². The van der Waals surface area contributed by atoms with E-state index in [1.165, 1.54) is 60.5 Å². The third kappa shape index (κ3) is 6.04. The monoisotopic (exact) mass is 437 g/mol. The fourth-order valence-electron chi connectivity index (χ4n) is 2.62. The summed E-state index contributed by atoms with van der Waals surface area (Å²) in [6.07, 6.45) is 0.963. The highest BCUT2D eigenvalue weighted by Gasteiger charge is 2.39. The van der Waals surface area contributed by atoms with Crippen LogP contribution in [0.5, 0.6) is 0 Å². The molecular formula is C25H21F2NO4. The van der Waals surface area contributed by atoms with E-state index in [0.29, 0.717) is 11.1 Å². The molecule has 0 bridgehead atoms. The lowest BCUT2D eigenvalue weighted by Gasteiger charge is -2.31. The molecule has 2 aromatic carbocycles. The number of carbonyl (C=O) groups excluding carboxylic acids is 2. The zero-order valence-electron chi connectivity index (χ0n) is 18.0. The molecule has 0 saturated heterocycles. The number of nitrogens with zero attached hydrogens (tertiary/aromatic N) is 1. The number of ether oxygens (including phenoxy) is 2. The first-order valence-corrected chi connectivity index (χ1v) is 9.35. The number of hydrogen-bond donors (Lipinski definition) is 0. The molecule has 2 rings (SSSR count). The number of halogens is 2. The van der Waals surface area contributed by atoms with Gasteiger partial charge < -0.3 is 9.47 Å².